The van der Waals surface area contributed by atoms with E-state index in [9.17, 15) is 4.79 Å². The van der Waals surface area contributed by atoms with Gasteiger partial charge in [-0.25, -0.2) is 0 Å². The Morgan fingerprint density at radius 1 is 1.33 bits per heavy atom. The third kappa shape index (κ3) is 4.74. The van der Waals surface area contributed by atoms with E-state index in [-0.39, 0.29) is 11.8 Å². The third-order valence-corrected chi connectivity index (χ3v) is 4.11. The van der Waals surface area contributed by atoms with Crippen molar-refractivity contribution in [3.63, 3.8) is 0 Å². The molecule has 1 saturated carbocycles. The molecule has 1 aromatic carbocycles. The fourth-order valence-electron chi connectivity index (χ4n) is 2.93. The highest BCUT2D eigenvalue weighted by Crippen LogP contribution is 2.31. The van der Waals surface area contributed by atoms with Crippen LogP contribution in [0.4, 0.5) is 0 Å². The van der Waals surface area contributed by atoms with Gasteiger partial charge in [0.05, 0.1) is 12.5 Å². The van der Waals surface area contributed by atoms with Crippen LogP contribution in [0.15, 0.2) is 24.3 Å². The normalized spacial score (nSPS) is 21.4. The van der Waals surface area contributed by atoms with Crippen molar-refractivity contribution in [3.05, 3.63) is 29.8 Å². The maximum atomic E-state index is 11.1. The van der Waals surface area contributed by atoms with Gasteiger partial charge in [-0.15, -0.1) is 0 Å². The average molecular weight is 291 g/mol. The minimum Gasteiger partial charge on any atom is -0.494 e. The van der Waals surface area contributed by atoms with E-state index in [0.717, 1.165) is 51.1 Å². The van der Waals surface area contributed by atoms with Gasteiger partial charge >= 0.3 is 5.97 Å². The summed E-state index contributed by atoms with van der Waals surface area (Å²) in [5.74, 6) is 0.371. The lowest BCUT2D eigenvalue weighted by Gasteiger charge is -2.16. The second-order valence-corrected chi connectivity index (χ2v) is 5.76. The second-order valence-electron chi connectivity index (χ2n) is 5.76. The Morgan fingerprint density at radius 2 is 2.10 bits per heavy atom. The second kappa shape index (κ2) is 8.03. The Morgan fingerprint density at radius 3 is 2.76 bits per heavy atom. The molecule has 0 saturated heterocycles. The smallest absolute Gasteiger partial charge is 0.306 e. The Hall–Kier alpha value is -1.55. The number of benzene rings is 1. The van der Waals surface area contributed by atoms with Crippen LogP contribution in [0.2, 0.25) is 0 Å². The number of hydrogen-bond donors (Lipinski definition) is 2. The van der Waals surface area contributed by atoms with Crippen LogP contribution in [0.25, 0.3) is 0 Å². The molecule has 2 unspecified atom stereocenters. The van der Waals surface area contributed by atoms with Gasteiger partial charge in [-0.1, -0.05) is 25.5 Å². The number of ether oxygens (including phenoxy) is 1. The van der Waals surface area contributed by atoms with Gasteiger partial charge < -0.3 is 15.2 Å². The van der Waals surface area contributed by atoms with Crippen LogP contribution in [0.3, 0.4) is 0 Å². The Balaban J connectivity index is 1.74. The Labute approximate surface area is 126 Å². The molecule has 2 rings (SSSR count). The Bertz CT molecular complexity index is 444. The zero-order valence-corrected chi connectivity index (χ0v) is 12.7. The molecule has 1 aliphatic carbocycles. The van der Waals surface area contributed by atoms with E-state index in [0.29, 0.717) is 0 Å². The summed E-state index contributed by atoms with van der Waals surface area (Å²) in [6.45, 7) is 4.39. The first kappa shape index (κ1) is 15.8. The maximum Gasteiger partial charge on any atom is 0.306 e. The summed E-state index contributed by atoms with van der Waals surface area (Å²) in [5.41, 5.74) is 1.20. The van der Waals surface area contributed by atoms with Crippen molar-refractivity contribution in [1.82, 2.24) is 5.32 Å². The first-order valence-electron chi connectivity index (χ1n) is 7.86. The number of nitrogens with one attached hydrogen (secondary N) is 1. The average Bonchev–Trinajstić information content (AvgIpc) is 2.95. The zero-order chi connectivity index (χ0) is 15.1. The summed E-state index contributed by atoms with van der Waals surface area (Å²) in [6.07, 6.45) is 3.89. The molecule has 1 aliphatic rings. The molecule has 0 spiro atoms. The van der Waals surface area contributed by atoms with Crippen molar-refractivity contribution in [3.8, 4) is 5.75 Å². The first-order chi connectivity index (χ1) is 10.2. The van der Waals surface area contributed by atoms with Gasteiger partial charge in [0.25, 0.3) is 0 Å². The summed E-state index contributed by atoms with van der Waals surface area (Å²) < 4.78 is 5.55. The van der Waals surface area contributed by atoms with E-state index < -0.39 is 5.97 Å². The number of carboxylic acids is 1. The summed E-state index contributed by atoms with van der Waals surface area (Å²) >= 11 is 0. The van der Waals surface area contributed by atoms with Crippen molar-refractivity contribution in [2.24, 2.45) is 11.8 Å². The lowest BCUT2D eigenvalue weighted by molar-refractivity contribution is -0.142. The maximum absolute atomic E-state index is 11.1. The SMILES string of the molecule is CCCOc1ccc(CNCC2CCCC2C(=O)O)cc1. The molecule has 0 aromatic heterocycles. The van der Waals surface area contributed by atoms with Crippen molar-refractivity contribution in [2.45, 2.75) is 39.2 Å². The van der Waals surface area contributed by atoms with Crippen molar-refractivity contribution >= 4 is 5.97 Å². The van der Waals surface area contributed by atoms with Crippen molar-refractivity contribution < 1.29 is 14.6 Å². The van der Waals surface area contributed by atoms with Crippen LogP contribution in [0, 0.1) is 11.8 Å². The lowest BCUT2D eigenvalue weighted by Crippen LogP contribution is -2.28. The topological polar surface area (TPSA) is 58.6 Å². The number of aliphatic carboxylic acids is 1. The molecule has 2 N–H and O–H groups in total. The first-order valence-corrected chi connectivity index (χ1v) is 7.86. The van der Waals surface area contributed by atoms with Crippen LogP contribution in [0.1, 0.15) is 38.2 Å². The van der Waals surface area contributed by atoms with Crippen LogP contribution in [-0.4, -0.2) is 24.2 Å². The Kier molecular flexibility index (Phi) is 6.05. The molecule has 0 amide bonds. The quantitative estimate of drug-likeness (QED) is 0.773. The van der Waals surface area contributed by atoms with E-state index in [2.05, 4.69) is 24.4 Å². The van der Waals surface area contributed by atoms with Gasteiger partial charge in [0, 0.05) is 6.54 Å². The molecule has 0 heterocycles. The highest BCUT2D eigenvalue weighted by Gasteiger charge is 2.32. The molecule has 2 atom stereocenters. The number of hydrogen-bond acceptors (Lipinski definition) is 3. The largest absolute Gasteiger partial charge is 0.494 e. The predicted molar refractivity (Wildman–Crippen MR) is 82.4 cm³/mol. The van der Waals surface area contributed by atoms with E-state index in [1.165, 1.54) is 5.56 Å². The summed E-state index contributed by atoms with van der Waals surface area (Å²) in [5, 5.41) is 12.5. The van der Waals surface area contributed by atoms with Gasteiger partial charge in [0.1, 0.15) is 5.75 Å². The van der Waals surface area contributed by atoms with Crippen molar-refractivity contribution in [2.75, 3.05) is 13.2 Å². The van der Waals surface area contributed by atoms with Gasteiger partial charge in [-0.3, -0.25) is 4.79 Å². The third-order valence-electron chi connectivity index (χ3n) is 4.11. The summed E-state index contributed by atoms with van der Waals surface area (Å²) in [6, 6.07) is 8.09. The molecule has 1 aromatic rings. The molecule has 1 fully saturated rings. The fraction of sp³-hybridized carbons (Fsp3) is 0.588. The van der Waals surface area contributed by atoms with Crippen molar-refractivity contribution in [1.29, 1.82) is 0 Å². The number of carbonyl (C=O) groups is 1. The summed E-state index contributed by atoms with van der Waals surface area (Å²) in [7, 11) is 0. The fourth-order valence-corrected chi connectivity index (χ4v) is 2.93. The highest BCUT2D eigenvalue weighted by molar-refractivity contribution is 5.70. The molecule has 4 heteroatoms. The van der Waals surface area contributed by atoms with Gasteiger partial charge in [0.15, 0.2) is 0 Å². The lowest BCUT2D eigenvalue weighted by atomic mass is 9.96. The molecule has 116 valence electrons. The van der Waals surface area contributed by atoms with E-state index >= 15 is 0 Å². The van der Waals surface area contributed by atoms with Crippen LogP contribution >= 0.6 is 0 Å². The van der Waals surface area contributed by atoms with E-state index in [1.54, 1.807) is 0 Å². The zero-order valence-electron chi connectivity index (χ0n) is 12.7. The van der Waals surface area contributed by atoms with E-state index in [1.807, 2.05) is 12.1 Å². The minimum absolute atomic E-state index is 0.165. The van der Waals surface area contributed by atoms with Gasteiger partial charge in [-0.05, 0) is 49.4 Å². The monoisotopic (exact) mass is 291 g/mol. The number of carboxylic acid groups (broad SMARTS) is 1. The standard InChI is InChI=1S/C17H25NO3/c1-2-10-21-15-8-6-13(7-9-15)11-18-12-14-4-3-5-16(14)17(19)20/h6-9,14,16,18H,2-5,10-12H2,1H3,(H,19,20). The molecule has 21 heavy (non-hydrogen) atoms. The van der Waals surface area contributed by atoms with Crippen LogP contribution < -0.4 is 10.1 Å². The predicted octanol–water partition coefficient (Wildman–Crippen LogP) is 3.07. The molecular weight excluding hydrogens is 266 g/mol. The van der Waals surface area contributed by atoms with Crippen LogP contribution in [0.5, 0.6) is 5.75 Å². The van der Waals surface area contributed by atoms with Gasteiger partial charge in [-0.2, -0.15) is 0 Å². The highest BCUT2D eigenvalue weighted by atomic mass is 16.5. The van der Waals surface area contributed by atoms with Crippen LogP contribution in [-0.2, 0) is 11.3 Å². The van der Waals surface area contributed by atoms with Gasteiger partial charge in [0.2, 0.25) is 0 Å². The molecular formula is C17H25NO3. The summed E-state index contributed by atoms with van der Waals surface area (Å²) in [4.78, 5) is 11.1. The minimum atomic E-state index is -0.642. The number of rotatable bonds is 8. The molecule has 0 aliphatic heterocycles. The molecule has 0 radical (unpaired) electrons. The molecule has 4 nitrogen and oxygen atoms in total. The van der Waals surface area contributed by atoms with E-state index in [4.69, 9.17) is 9.84 Å². The molecule has 0 bridgehead atoms.